The molecular formula is C24H32ClN3O5S. The second kappa shape index (κ2) is 12.1. The monoisotopic (exact) mass is 509 g/mol. The van der Waals surface area contributed by atoms with E-state index < -0.39 is 28.5 Å². The molecule has 1 N–H and O–H groups in total. The fourth-order valence-corrected chi connectivity index (χ4v) is 4.16. The van der Waals surface area contributed by atoms with Crippen molar-refractivity contribution in [2.24, 2.45) is 5.92 Å². The molecule has 0 radical (unpaired) electrons. The number of hydrogen-bond acceptors (Lipinski definition) is 5. The predicted octanol–water partition coefficient (Wildman–Crippen LogP) is 3.30. The third-order valence-corrected chi connectivity index (χ3v) is 6.55. The van der Waals surface area contributed by atoms with Gasteiger partial charge in [0.2, 0.25) is 21.8 Å². The van der Waals surface area contributed by atoms with Crippen LogP contribution < -0.4 is 14.4 Å². The molecular weight excluding hydrogens is 478 g/mol. The maximum Gasteiger partial charge on any atom is 0.244 e. The average Bonchev–Trinajstić information content (AvgIpc) is 2.79. The maximum absolute atomic E-state index is 13.4. The molecule has 0 aliphatic carbocycles. The van der Waals surface area contributed by atoms with Gasteiger partial charge in [-0.05, 0) is 54.8 Å². The van der Waals surface area contributed by atoms with Crippen LogP contribution in [0.1, 0.15) is 26.3 Å². The first-order valence-electron chi connectivity index (χ1n) is 10.9. The molecule has 2 aromatic carbocycles. The number of nitrogens with one attached hydrogen (secondary N) is 1. The van der Waals surface area contributed by atoms with Crippen molar-refractivity contribution < 1.29 is 22.7 Å². The van der Waals surface area contributed by atoms with Crippen LogP contribution >= 0.6 is 11.6 Å². The van der Waals surface area contributed by atoms with E-state index in [9.17, 15) is 18.0 Å². The number of sulfonamides is 1. The topological polar surface area (TPSA) is 96.0 Å². The van der Waals surface area contributed by atoms with Crippen molar-refractivity contribution in [2.75, 3.05) is 30.8 Å². The molecule has 0 aliphatic rings. The zero-order valence-corrected chi connectivity index (χ0v) is 21.7. The SMILES string of the molecule is COc1ccc(N(CC(=O)N(Cc2ccc(Cl)cc2)[C@H](C)C(=O)NCC(C)C)S(C)(=O)=O)cc1. The number of amides is 2. The molecule has 2 amide bonds. The van der Waals surface area contributed by atoms with Gasteiger partial charge in [0.15, 0.2) is 0 Å². The van der Waals surface area contributed by atoms with Gasteiger partial charge in [-0.2, -0.15) is 0 Å². The van der Waals surface area contributed by atoms with Gasteiger partial charge >= 0.3 is 0 Å². The molecule has 0 bridgehead atoms. The third kappa shape index (κ3) is 7.92. The number of ether oxygens (including phenoxy) is 1. The summed E-state index contributed by atoms with van der Waals surface area (Å²) in [5.41, 5.74) is 1.08. The van der Waals surface area contributed by atoms with Crippen LogP contribution in [0, 0.1) is 5.92 Å². The highest BCUT2D eigenvalue weighted by molar-refractivity contribution is 7.92. The van der Waals surface area contributed by atoms with Gasteiger partial charge in [0.05, 0.1) is 19.1 Å². The molecule has 0 spiro atoms. The summed E-state index contributed by atoms with van der Waals surface area (Å²) in [4.78, 5) is 27.6. The number of rotatable bonds is 11. The second-order valence-corrected chi connectivity index (χ2v) is 10.8. The summed E-state index contributed by atoms with van der Waals surface area (Å²) in [5, 5.41) is 3.39. The number of carbonyl (C=O) groups is 2. The largest absolute Gasteiger partial charge is 0.497 e. The van der Waals surface area contributed by atoms with E-state index in [1.54, 1.807) is 55.5 Å². The van der Waals surface area contributed by atoms with Crippen molar-refractivity contribution in [3.8, 4) is 5.75 Å². The molecule has 0 aliphatic heterocycles. The maximum atomic E-state index is 13.4. The predicted molar refractivity (Wildman–Crippen MR) is 134 cm³/mol. The molecule has 1 atom stereocenters. The molecule has 34 heavy (non-hydrogen) atoms. The highest BCUT2D eigenvalue weighted by Crippen LogP contribution is 2.22. The van der Waals surface area contributed by atoms with Crippen molar-refractivity contribution >= 4 is 39.1 Å². The Hall–Kier alpha value is -2.78. The Kier molecular flexibility index (Phi) is 9.76. The van der Waals surface area contributed by atoms with Gasteiger partial charge in [0.1, 0.15) is 18.3 Å². The lowest BCUT2D eigenvalue weighted by Gasteiger charge is -2.31. The van der Waals surface area contributed by atoms with Gasteiger partial charge in [0.25, 0.3) is 0 Å². The Morgan fingerprint density at radius 3 is 2.12 bits per heavy atom. The van der Waals surface area contributed by atoms with Crippen LogP contribution in [0.4, 0.5) is 5.69 Å². The van der Waals surface area contributed by atoms with Crippen LogP contribution in [0.3, 0.4) is 0 Å². The standard InChI is InChI=1S/C24H32ClN3O5S/c1-17(2)14-26-24(30)18(3)27(15-19-6-8-20(25)9-7-19)23(29)16-28(34(5,31)32)21-10-12-22(33-4)13-11-21/h6-13,17-18H,14-16H2,1-5H3,(H,26,30)/t18-/m1/s1. The number of nitrogens with zero attached hydrogens (tertiary/aromatic N) is 2. The summed E-state index contributed by atoms with van der Waals surface area (Å²) in [6.07, 6.45) is 1.03. The van der Waals surface area contributed by atoms with E-state index in [0.717, 1.165) is 16.1 Å². The summed E-state index contributed by atoms with van der Waals surface area (Å²) in [7, 11) is -2.28. The third-order valence-electron chi connectivity index (χ3n) is 5.16. The van der Waals surface area contributed by atoms with Crippen molar-refractivity contribution in [1.29, 1.82) is 0 Å². The van der Waals surface area contributed by atoms with Gasteiger partial charge in [-0.3, -0.25) is 13.9 Å². The number of carbonyl (C=O) groups excluding carboxylic acids is 2. The van der Waals surface area contributed by atoms with Gasteiger partial charge < -0.3 is 15.0 Å². The van der Waals surface area contributed by atoms with Crippen LogP contribution in [-0.2, 0) is 26.2 Å². The van der Waals surface area contributed by atoms with Crippen LogP contribution in [0.5, 0.6) is 5.75 Å². The Balaban J connectivity index is 2.34. The molecule has 10 heteroatoms. The van der Waals surface area contributed by atoms with E-state index in [0.29, 0.717) is 23.0 Å². The van der Waals surface area contributed by atoms with E-state index in [4.69, 9.17) is 16.3 Å². The molecule has 0 unspecified atom stereocenters. The summed E-state index contributed by atoms with van der Waals surface area (Å²) in [6, 6.07) is 12.5. The first-order valence-corrected chi connectivity index (χ1v) is 13.1. The van der Waals surface area contributed by atoms with E-state index in [2.05, 4.69) is 5.32 Å². The molecule has 2 rings (SSSR count). The Morgan fingerprint density at radius 1 is 1.03 bits per heavy atom. The number of methoxy groups -OCH3 is 1. The van der Waals surface area contributed by atoms with Crippen molar-refractivity contribution in [1.82, 2.24) is 10.2 Å². The van der Waals surface area contributed by atoms with Gasteiger partial charge in [-0.25, -0.2) is 8.42 Å². The number of halogens is 1. The van der Waals surface area contributed by atoms with Crippen LogP contribution in [0.15, 0.2) is 48.5 Å². The van der Waals surface area contributed by atoms with Crippen LogP contribution in [0.2, 0.25) is 5.02 Å². The summed E-state index contributed by atoms with van der Waals surface area (Å²) < 4.78 is 31.2. The smallest absolute Gasteiger partial charge is 0.244 e. The molecule has 0 saturated heterocycles. The molecule has 0 aromatic heterocycles. The molecule has 8 nitrogen and oxygen atoms in total. The van der Waals surface area contributed by atoms with Crippen LogP contribution in [0.25, 0.3) is 0 Å². The van der Waals surface area contributed by atoms with Gasteiger partial charge in [0, 0.05) is 18.1 Å². The fourth-order valence-electron chi connectivity index (χ4n) is 3.18. The van der Waals surface area contributed by atoms with E-state index in [-0.39, 0.29) is 18.4 Å². The van der Waals surface area contributed by atoms with Gasteiger partial charge in [-0.15, -0.1) is 0 Å². The second-order valence-electron chi connectivity index (χ2n) is 8.43. The van der Waals surface area contributed by atoms with Crippen LogP contribution in [-0.4, -0.2) is 57.6 Å². The van der Waals surface area contributed by atoms with Crippen molar-refractivity contribution in [3.63, 3.8) is 0 Å². The molecule has 0 heterocycles. The molecule has 186 valence electrons. The molecule has 0 fully saturated rings. The van der Waals surface area contributed by atoms with E-state index >= 15 is 0 Å². The average molecular weight is 510 g/mol. The first kappa shape index (κ1) is 27.5. The minimum atomic E-state index is -3.78. The zero-order valence-electron chi connectivity index (χ0n) is 20.1. The summed E-state index contributed by atoms with van der Waals surface area (Å²) >= 11 is 5.98. The Bertz CT molecular complexity index is 1070. The summed E-state index contributed by atoms with van der Waals surface area (Å²) in [6.45, 7) is 5.70. The fraction of sp³-hybridized carbons (Fsp3) is 0.417. The highest BCUT2D eigenvalue weighted by atomic mass is 35.5. The van der Waals surface area contributed by atoms with Gasteiger partial charge in [-0.1, -0.05) is 37.6 Å². The lowest BCUT2D eigenvalue weighted by atomic mass is 10.1. The summed E-state index contributed by atoms with van der Waals surface area (Å²) in [5.74, 6) is -0.0227. The molecule has 2 aromatic rings. The number of anilines is 1. The Morgan fingerprint density at radius 2 is 1.62 bits per heavy atom. The van der Waals surface area contributed by atoms with Crippen molar-refractivity contribution in [3.05, 3.63) is 59.1 Å². The number of hydrogen-bond donors (Lipinski definition) is 1. The Labute approximate surface area is 206 Å². The highest BCUT2D eigenvalue weighted by Gasteiger charge is 2.30. The lowest BCUT2D eigenvalue weighted by Crippen LogP contribution is -2.51. The zero-order chi connectivity index (χ0) is 25.5. The minimum Gasteiger partial charge on any atom is -0.497 e. The van der Waals surface area contributed by atoms with E-state index in [1.165, 1.54) is 12.0 Å². The first-order chi connectivity index (χ1) is 15.9. The number of benzene rings is 2. The normalized spacial score (nSPS) is 12.2. The lowest BCUT2D eigenvalue weighted by molar-refractivity contribution is -0.139. The van der Waals surface area contributed by atoms with E-state index in [1.807, 2.05) is 13.8 Å². The minimum absolute atomic E-state index is 0.118. The quantitative estimate of drug-likeness (QED) is 0.501. The van der Waals surface area contributed by atoms with Crippen molar-refractivity contribution in [2.45, 2.75) is 33.4 Å². The molecule has 0 saturated carbocycles.